The molecule has 0 saturated carbocycles. The average molecular weight is 570 g/mol. The van der Waals surface area contributed by atoms with Gasteiger partial charge in [0, 0.05) is 5.75 Å². The Balaban J connectivity index is 3.31. The zero-order chi connectivity index (χ0) is 27.4. The van der Waals surface area contributed by atoms with Crippen molar-refractivity contribution >= 4 is 20.4 Å². The van der Waals surface area contributed by atoms with Crippen LogP contribution in [0.1, 0.15) is 11.1 Å². The van der Waals surface area contributed by atoms with Crippen LogP contribution in [0.2, 0.25) is 0 Å². The van der Waals surface area contributed by atoms with Gasteiger partial charge in [0.15, 0.2) is 0 Å². The van der Waals surface area contributed by atoms with Crippen LogP contribution in [0, 0.1) is 0 Å². The molecule has 200 valence electrons. The fraction of sp³-hybridized carbons (Fsp3) is 0.600. The molecular weight excluding hydrogens is 558 g/mol. The van der Waals surface area contributed by atoms with Crippen molar-refractivity contribution in [3.63, 3.8) is 0 Å². The quantitative estimate of drug-likeness (QED) is 0.332. The van der Waals surface area contributed by atoms with Gasteiger partial charge < -0.3 is 0 Å². The maximum absolute atomic E-state index is 13.9. The van der Waals surface area contributed by atoms with E-state index < -0.39 is 67.1 Å². The molecule has 0 aliphatic rings. The van der Waals surface area contributed by atoms with E-state index >= 15 is 0 Å². The average Bonchev–Trinajstić information content (AvgIpc) is 2.58. The van der Waals surface area contributed by atoms with Gasteiger partial charge in [-0.25, -0.2) is 3.63 Å². The Bertz CT molecular complexity index is 979. The smallest absolute Gasteiger partial charge is 0.215 e. The van der Waals surface area contributed by atoms with Crippen LogP contribution < -0.4 is 0 Å². The standard InChI is InChI=1S/C15H12F14O3S2/c1-33(2,7-8-3-5-9(6-4-8)10(16,17)18)32-34(30,31)15(28,29)13(23,24)11(19,20)12(21,22)14(25,26)27/h3-6H,7H2,1-2H3. The molecule has 0 radical (unpaired) electrons. The lowest BCUT2D eigenvalue weighted by Gasteiger charge is -2.38. The van der Waals surface area contributed by atoms with Crippen LogP contribution in [0.25, 0.3) is 0 Å². The second-order valence-corrected chi connectivity index (χ2v) is 12.2. The van der Waals surface area contributed by atoms with E-state index in [4.69, 9.17) is 0 Å². The Morgan fingerprint density at radius 3 is 1.44 bits per heavy atom. The van der Waals surface area contributed by atoms with Gasteiger partial charge in [0.25, 0.3) is 0 Å². The van der Waals surface area contributed by atoms with E-state index in [2.05, 4.69) is 3.63 Å². The Kier molecular flexibility index (Phi) is 7.69. The zero-order valence-corrected chi connectivity index (χ0v) is 18.0. The monoisotopic (exact) mass is 570 g/mol. The maximum atomic E-state index is 13.9. The third-order valence-corrected chi connectivity index (χ3v) is 8.00. The summed E-state index contributed by atoms with van der Waals surface area (Å²) in [5.41, 5.74) is -1.44. The number of benzene rings is 1. The van der Waals surface area contributed by atoms with Crippen LogP contribution in [0.4, 0.5) is 61.5 Å². The van der Waals surface area contributed by atoms with Gasteiger partial charge in [-0.2, -0.15) is 69.9 Å². The third-order valence-electron chi connectivity index (χ3n) is 3.89. The molecule has 1 aromatic rings. The van der Waals surface area contributed by atoms with Crippen molar-refractivity contribution < 1.29 is 73.5 Å². The van der Waals surface area contributed by atoms with Crippen molar-refractivity contribution in [2.45, 2.75) is 41.1 Å². The summed E-state index contributed by atoms with van der Waals surface area (Å²) < 4.78 is 208. The lowest BCUT2D eigenvalue weighted by atomic mass is 10.0. The second kappa shape index (κ2) is 8.56. The van der Waals surface area contributed by atoms with E-state index in [0.717, 1.165) is 0 Å². The number of alkyl halides is 14. The molecule has 1 rings (SSSR count). The summed E-state index contributed by atoms with van der Waals surface area (Å²) in [7, 11) is -11.0. The molecule has 0 N–H and O–H groups in total. The van der Waals surface area contributed by atoms with E-state index in [0.29, 0.717) is 36.8 Å². The van der Waals surface area contributed by atoms with E-state index in [-0.39, 0.29) is 5.56 Å². The van der Waals surface area contributed by atoms with Crippen LogP contribution in [0.5, 0.6) is 0 Å². The highest BCUT2D eigenvalue weighted by atomic mass is 32.3. The highest BCUT2D eigenvalue weighted by Crippen LogP contribution is 2.60. The molecule has 0 unspecified atom stereocenters. The normalized spacial score (nSPS) is 16.0. The minimum absolute atomic E-state index is 0.243. The minimum atomic E-state index is -7.95. The number of halogens is 14. The molecule has 0 atom stereocenters. The number of hydrogen-bond acceptors (Lipinski definition) is 3. The van der Waals surface area contributed by atoms with Crippen LogP contribution in [0.15, 0.2) is 24.3 Å². The first-order valence-corrected chi connectivity index (χ1v) is 12.0. The SMILES string of the molecule is CS(C)(Cc1ccc(C(F)(F)F)cc1)OS(=O)(=O)C(F)(F)C(F)(F)C(F)(F)C(F)(F)C(F)(F)F. The predicted octanol–water partition coefficient (Wildman–Crippen LogP) is 6.59. The van der Waals surface area contributed by atoms with E-state index in [9.17, 15) is 69.9 Å². The molecule has 0 heterocycles. The van der Waals surface area contributed by atoms with Crippen molar-refractivity contribution in [3.8, 4) is 0 Å². The van der Waals surface area contributed by atoms with Crippen LogP contribution in [-0.4, -0.2) is 50.1 Å². The van der Waals surface area contributed by atoms with E-state index in [1.54, 1.807) is 0 Å². The van der Waals surface area contributed by atoms with Gasteiger partial charge >= 0.3 is 45.5 Å². The molecule has 1 aromatic carbocycles. The van der Waals surface area contributed by atoms with Gasteiger partial charge in [0.1, 0.15) is 0 Å². The fourth-order valence-corrected chi connectivity index (χ4v) is 6.13. The molecule has 0 fully saturated rings. The summed E-state index contributed by atoms with van der Waals surface area (Å²) in [5.74, 6) is -24.4. The second-order valence-electron chi connectivity index (χ2n) is 7.04. The molecular formula is C15H12F14O3S2. The molecule has 34 heavy (non-hydrogen) atoms. The summed E-state index contributed by atoms with van der Waals surface area (Å²) >= 11 is 0. The summed E-state index contributed by atoms with van der Waals surface area (Å²) in [5, 5.41) is -7.30. The van der Waals surface area contributed by atoms with E-state index in [1.165, 1.54) is 0 Å². The van der Waals surface area contributed by atoms with Gasteiger partial charge in [-0.1, -0.05) is 12.1 Å². The van der Waals surface area contributed by atoms with Gasteiger partial charge in [-0.05, 0) is 30.2 Å². The van der Waals surface area contributed by atoms with Crippen molar-refractivity contribution in [1.29, 1.82) is 0 Å². The first-order chi connectivity index (χ1) is 14.6. The summed E-state index contributed by atoms with van der Waals surface area (Å²) in [4.78, 5) is 0. The topological polar surface area (TPSA) is 43.4 Å². The van der Waals surface area contributed by atoms with Crippen LogP contribution in [-0.2, 0) is 25.7 Å². The van der Waals surface area contributed by atoms with E-state index in [1.807, 2.05) is 0 Å². The minimum Gasteiger partial charge on any atom is -0.215 e. The van der Waals surface area contributed by atoms with Crippen molar-refractivity contribution in [3.05, 3.63) is 35.4 Å². The summed E-state index contributed by atoms with van der Waals surface area (Å²) in [6.07, 6.45) is -11.0. The van der Waals surface area contributed by atoms with Gasteiger partial charge in [0.2, 0.25) is 0 Å². The zero-order valence-electron chi connectivity index (χ0n) is 16.3. The lowest BCUT2D eigenvalue weighted by Crippen LogP contribution is -2.68. The summed E-state index contributed by atoms with van der Waals surface area (Å²) in [6.45, 7) is 0. The molecule has 0 aliphatic heterocycles. The third kappa shape index (κ3) is 5.34. The lowest BCUT2D eigenvalue weighted by molar-refractivity contribution is -0.413. The molecule has 0 aliphatic carbocycles. The largest absolute Gasteiger partial charge is 0.460 e. The number of rotatable bonds is 8. The van der Waals surface area contributed by atoms with Gasteiger partial charge in [0.05, 0.1) is 5.56 Å². The van der Waals surface area contributed by atoms with Gasteiger partial charge in [-0.3, -0.25) is 0 Å². The van der Waals surface area contributed by atoms with Crippen molar-refractivity contribution in [2.75, 3.05) is 12.5 Å². The van der Waals surface area contributed by atoms with Crippen LogP contribution >= 0.6 is 10.3 Å². The van der Waals surface area contributed by atoms with Gasteiger partial charge in [-0.15, -0.1) is 10.3 Å². The number of hydrogen-bond donors (Lipinski definition) is 0. The molecule has 0 saturated heterocycles. The first kappa shape index (κ1) is 30.5. The molecule has 0 bridgehead atoms. The molecule has 0 aromatic heterocycles. The summed E-state index contributed by atoms with van der Waals surface area (Å²) in [6, 6.07) is 2.33. The molecule has 19 heteroatoms. The Hall–Kier alpha value is -1.50. The predicted molar refractivity (Wildman–Crippen MR) is 90.4 cm³/mol. The highest BCUT2D eigenvalue weighted by Gasteiger charge is 2.90. The molecule has 0 amide bonds. The first-order valence-electron chi connectivity index (χ1n) is 8.05. The molecule has 3 nitrogen and oxygen atoms in total. The van der Waals surface area contributed by atoms with Crippen molar-refractivity contribution in [1.82, 2.24) is 0 Å². The van der Waals surface area contributed by atoms with Crippen molar-refractivity contribution in [2.24, 2.45) is 0 Å². The Morgan fingerprint density at radius 1 is 0.676 bits per heavy atom. The maximum Gasteiger partial charge on any atom is 0.460 e. The highest BCUT2D eigenvalue weighted by molar-refractivity contribution is 8.31. The van der Waals surface area contributed by atoms with Crippen LogP contribution in [0.3, 0.4) is 0 Å². The Labute approximate surface area is 183 Å². The Morgan fingerprint density at radius 2 is 1.09 bits per heavy atom. The molecule has 0 spiro atoms. The fourth-order valence-electron chi connectivity index (χ4n) is 2.22.